The quantitative estimate of drug-likeness (QED) is 0.727. The number of thiophene rings is 1. The van der Waals surface area contributed by atoms with Crippen molar-refractivity contribution in [1.82, 2.24) is 9.97 Å². The Morgan fingerprint density at radius 1 is 1.13 bits per heavy atom. The first-order valence-electron chi connectivity index (χ1n) is 7.90. The highest BCUT2D eigenvalue weighted by Gasteiger charge is 2.11. The lowest BCUT2D eigenvalue weighted by Crippen LogP contribution is -2.05. The van der Waals surface area contributed by atoms with Gasteiger partial charge in [-0.3, -0.25) is 0 Å². The van der Waals surface area contributed by atoms with Crippen molar-refractivity contribution < 1.29 is 4.74 Å². The molecule has 0 atom stereocenters. The molecule has 1 aromatic carbocycles. The molecule has 3 rings (SSSR count). The Bertz CT molecular complexity index is 813. The fraction of sp³-hybridized carbons (Fsp3) is 0.333. The average molecular weight is 327 g/mol. The summed E-state index contributed by atoms with van der Waals surface area (Å²) in [6.07, 6.45) is 1.85. The summed E-state index contributed by atoms with van der Waals surface area (Å²) in [7, 11) is 1.70. The van der Waals surface area contributed by atoms with E-state index >= 15 is 0 Å². The Morgan fingerprint density at radius 2 is 1.96 bits per heavy atom. The third-order valence-corrected chi connectivity index (χ3v) is 4.97. The zero-order chi connectivity index (χ0) is 16.2. The summed E-state index contributed by atoms with van der Waals surface area (Å²) < 4.78 is 5.42. The second-order valence-corrected chi connectivity index (χ2v) is 6.41. The third-order valence-electron chi connectivity index (χ3n) is 3.79. The average Bonchev–Trinajstić information content (AvgIpc) is 3.03. The van der Waals surface area contributed by atoms with Crippen molar-refractivity contribution in [3.8, 4) is 5.75 Å². The van der Waals surface area contributed by atoms with Crippen LogP contribution in [0, 0.1) is 0 Å². The first kappa shape index (κ1) is 15.7. The molecule has 0 fully saturated rings. The summed E-state index contributed by atoms with van der Waals surface area (Å²) >= 11 is 1.75. The molecule has 0 unspecified atom stereocenters. The van der Waals surface area contributed by atoms with E-state index in [1.807, 2.05) is 18.2 Å². The molecule has 2 heterocycles. The number of rotatable bonds is 6. The lowest BCUT2D eigenvalue weighted by molar-refractivity contribution is 0.410. The standard InChI is InChI=1S/C18H21N3OS/c1-4-13-10-14-17(20-16(5-2)21-18(14)23-13)19-11-12-8-6-7-9-15(12)22-3/h6-10H,4-5,11H2,1-3H3,(H,19,20,21). The topological polar surface area (TPSA) is 47.0 Å². The Balaban J connectivity index is 1.93. The van der Waals surface area contributed by atoms with Crippen molar-refractivity contribution in [2.45, 2.75) is 33.2 Å². The second kappa shape index (κ2) is 6.96. The van der Waals surface area contributed by atoms with E-state index in [1.54, 1.807) is 18.4 Å². The minimum atomic E-state index is 0.677. The molecule has 0 amide bonds. The molecule has 0 saturated carbocycles. The molecule has 0 bridgehead atoms. The zero-order valence-electron chi connectivity index (χ0n) is 13.7. The number of methoxy groups -OCH3 is 1. The number of para-hydroxylation sites is 1. The molecule has 23 heavy (non-hydrogen) atoms. The Labute approximate surface area is 140 Å². The van der Waals surface area contributed by atoms with Crippen LogP contribution in [0.2, 0.25) is 0 Å². The van der Waals surface area contributed by atoms with Crippen LogP contribution in [0.5, 0.6) is 5.75 Å². The number of hydrogen-bond acceptors (Lipinski definition) is 5. The van der Waals surface area contributed by atoms with E-state index < -0.39 is 0 Å². The monoisotopic (exact) mass is 327 g/mol. The molecular weight excluding hydrogens is 306 g/mol. The molecule has 1 N–H and O–H groups in total. The van der Waals surface area contributed by atoms with Gasteiger partial charge in [0.1, 0.15) is 22.2 Å². The lowest BCUT2D eigenvalue weighted by atomic mass is 10.2. The van der Waals surface area contributed by atoms with Crippen LogP contribution in [0.25, 0.3) is 10.2 Å². The van der Waals surface area contributed by atoms with E-state index in [9.17, 15) is 0 Å². The van der Waals surface area contributed by atoms with Gasteiger partial charge >= 0.3 is 0 Å². The number of benzene rings is 1. The predicted molar refractivity (Wildman–Crippen MR) is 96.5 cm³/mol. The van der Waals surface area contributed by atoms with Gasteiger partial charge in [-0.25, -0.2) is 9.97 Å². The Kier molecular flexibility index (Phi) is 4.76. The molecule has 0 radical (unpaired) electrons. The summed E-state index contributed by atoms with van der Waals surface area (Å²) in [6, 6.07) is 10.2. The summed E-state index contributed by atoms with van der Waals surface area (Å²) in [5.74, 6) is 2.68. The van der Waals surface area contributed by atoms with Crippen LogP contribution in [0.3, 0.4) is 0 Å². The summed E-state index contributed by atoms with van der Waals surface area (Å²) in [4.78, 5) is 11.7. The Morgan fingerprint density at radius 3 is 2.70 bits per heavy atom. The minimum Gasteiger partial charge on any atom is -0.496 e. The van der Waals surface area contributed by atoms with Crippen molar-refractivity contribution in [1.29, 1.82) is 0 Å². The number of aryl methyl sites for hydroxylation is 2. The van der Waals surface area contributed by atoms with Gasteiger partial charge in [0.15, 0.2) is 0 Å². The lowest BCUT2D eigenvalue weighted by Gasteiger charge is -2.11. The predicted octanol–water partition coefficient (Wildman–Crippen LogP) is 4.44. The van der Waals surface area contributed by atoms with Crippen LogP contribution in [0.4, 0.5) is 5.82 Å². The van der Waals surface area contributed by atoms with Crippen LogP contribution in [-0.2, 0) is 19.4 Å². The van der Waals surface area contributed by atoms with E-state index in [2.05, 4.69) is 41.3 Å². The van der Waals surface area contributed by atoms with Gasteiger partial charge in [0, 0.05) is 23.4 Å². The van der Waals surface area contributed by atoms with Gasteiger partial charge in [0.25, 0.3) is 0 Å². The van der Waals surface area contributed by atoms with Crippen LogP contribution >= 0.6 is 11.3 Å². The molecule has 0 aliphatic carbocycles. The Hall–Kier alpha value is -2.14. The molecule has 0 saturated heterocycles. The van der Waals surface area contributed by atoms with Crippen LogP contribution < -0.4 is 10.1 Å². The van der Waals surface area contributed by atoms with Gasteiger partial charge in [0.2, 0.25) is 0 Å². The van der Waals surface area contributed by atoms with Gasteiger partial charge < -0.3 is 10.1 Å². The number of anilines is 1. The summed E-state index contributed by atoms with van der Waals surface area (Å²) in [5, 5.41) is 4.58. The highest BCUT2D eigenvalue weighted by molar-refractivity contribution is 7.18. The van der Waals surface area contributed by atoms with Crippen molar-refractivity contribution >= 4 is 27.4 Å². The number of ether oxygens (including phenoxy) is 1. The second-order valence-electron chi connectivity index (χ2n) is 5.29. The maximum absolute atomic E-state index is 5.42. The number of hydrogen-bond donors (Lipinski definition) is 1. The highest BCUT2D eigenvalue weighted by Crippen LogP contribution is 2.30. The zero-order valence-corrected chi connectivity index (χ0v) is 14.5. The van der Waals surface area contributed by atoms with E-state index in [-0.39, 0.29) is 0 Å². The largest absolute Gasteiger partial charge is 0.496 e. The fourth-order valence-corrected chi connectivity index (χ4v) is 3.50. The molecule has 5 heteroatoms. The van der Waals surface area contributed by atoms with Gasteiger partial charge in [-0.2, -0.15) is 0 Å². The normalized spacial score (nSPS) is 10.9. The van der Waals surface area contributed by atoms with Crippen LogP contribution in [-0.4, -0.2) is 17.1 Å². The molecule has 0 aliphatic heterocycles. The van der Waals surface area contributed by atoms with Crippen molar-refractivity contribution in [2.24, 2.45) is 0 Å². The van der Waals surface area contributed by atoms with Crippen molar-refractivity contribution in [3.63, 3.8) is 0 Å². The van der Waals surface area contributed by atoms with Gasteiger partial charge in [0.05, 0.1) is 12.5 Å². The van der Waals surface area contributed by atoms with Crippen molar-refractivity contribution in [3.05, 3.63) is 46.6 Å². The maximum atomic E-state index is 5.42. The molecule has 0 aliphatic rings. The summed E-state index contributed by atoms with van der Waals surface area (Å²) in [5.41, 5.74) is 1.12. The van der Waals surface area contributed by atoms with E-state index in [0.29, 0.717) is 6.54 Å². The molecule has 3 aromatic rings. The van der Waals surface area contributed by atoms with E-state index in [0.717, 1.165) is 46.0 Å². The number of nitrogens with zero attached hydrogens (tertiary/aromatic N) is 2. The molecule has 120 valence electrons. The van der Waals surface area contributed by atoms with Gasteiger partial charge in [-0.15, -0.1) is 11.3 Å². The maximum Gasteiger partial charge on any atom is 0.138 e. The SMILES string of the molecule is CCc1nc(NCc2ccccc2OC)c2cc(CC)sc2n1. The molecule has 2 aromatic heterocycles. The third kappa shape index (κ3) is 3.29. The molecule has 0 spiro atoms. The first-order valence-corrected chi connectivity index (χ1v) is 8.71. The fourth-order valence-electron chi connectivity index (χ4n) is 2.51. The van der Waals surface area contributed by atoms with Gasteiger partial charge in [-0.05, 0) is 18.6 Å². The van der Waals surface area contributed by atoms with E-state index in [1.165, 1.54) is 4.88 Å². The number of fused-ring (bicyclic) bond motifs is 1. The molecule has 4 nitrogen and oxygen atoms in total. The number of nitrogens with one attached hydrogen (secondary N) is 1. The first-order chi connectivity index (χ1) is 11.2. The van der Waals surface area contributed by atoms with Gasteiger partial charge in [-0.1, -0.05) is 32.0 Å². The smallest absolute Gasteiger partial charge is 0.138 e. The van der Waals surface area contributed by atoms with Crippen molar-refractivity contribution in [2.75, 3.05) is 12.4 Å². The minimum absolute atomic E-state index is 0.677. The molecular formula is C18H21N3OS. The van der Waals surface area contributed by atoms with Crippen LogP contribution in [0.1, 0.15) is 30.1 Å². The van der Waals surface area contributed by atoms with Crippen LogP contribution in [0.15, 0.2) is 30.3 Å². The highest BCUT2D eigenvalue weighted by atomic mass is 32.1. The van der Waals surface area contributed by atoms with E-state index in [4.69, 9.17) is 4.74 Å². The number of aromatic nitrogens is 2. The summed E-state index contributed by atoms with van der Waals surface area (Å²) in [6.45, 7) is 4.93.